The van der Waals surface area contributed by atoms with Crippen molar-refractivity contribution in [2.24, 2.45) is 0 Å². The molecule has 0 bridgehead atoms. The number of hydrogen-bond acceptors (Lipinski definition) is 4. The molecule has 0 saturated heterocycles. The lowest BCUT2D eigenvalue weighted by Gasteiger charge is -2.30. The summed E-state index contributed by atoms with van der Waals surface area (Å²) in [5.74, 6) is 0.564. The maximum Gasteiger partial charge on any atom is 0.336 e. The van der Waals surface area contributed by atoms with E-state index >= 15 is 0 Å². The second-order valence-electron chi connectivity index (χ2n) is 7.06. The van der Waals surface area contributed by atoms with Crippen LogP contribution in [0.4, 0.5) is 4.39 Å². The van der Waals surface area contributed by atoms with Gasteiger partial charge < -0.3 is 9.15 Å². The molecular formula is C22H22FNO3. The van der Waals surface area contributed by atoms with E-state index in [0.29, 0.717) is 31.0 Å². The highest BCUT2D eigenvalue weighted by atomic mass is 19.1. The first-order valence-electron chi connectivity index (χ1n) is 9.24. The van der Waals surface area contributed by atoms with E-state index < -0.39 is 0 Å². The second kappa shape index (κ2) is 7.16. The van der Waals surface area contributed by atoms with Gasteiger partial charge in [0.2, 0.25) is 0 Å². The van der Waals surface area contributed by atoms with Crippen molar-refractivity contribution in [1.29, 1.82) is 0 Å². The van der Waals surface area contributed by atoms with Crippen molar-refractivity contribution in [2.75, 3.05) is 6.73 Å². The molecule has 3 aromatic rings. The van der Waals surface area contributed by atoms with Crippen LogP contribution < -0.4 is 10.4 Å². The van der Waals surface area contributed by atoms with Gasteiger partial charge in [0.15, 0.2) is 0 Å². The van der Waals surface area contributed by atoms with Crippen LogP contribution in [0.3, 0.4) is 0 Å². The molecule has 0 amide bonds. The Morgan fingerprint density at radius 2 is 2.00 bits per heavy atom. The van der Waals surface area contributed by atoms with Gasteiger partial charge in [-0.1, -0.05) is 31.5 Å². The SMILES string of the molecule is CCCc1cc(=O)oc2c(C)c3c(cc12)CN(Cc1ccccc1F)CO3. The maximum atomic E-state index is 14.0. The minimum Gasteiger partial charge on any atom is -0.477 e. The van der Waals surface area contributed by atoms with E-state index in [-0.39, 0.29) is 11.4 Å². The lowest BCUT2D eigenvalue weighted by Crippen LogP contribution is -2.32. The monoisotopic (exact) mass is 367 g/mol. The number of aryl methyl sites for hydroxylation is 2. The van der Waals surface area contributed by atoms with Gasteiger partial charge in [0.05, 0.1) is 0 Å². The molecule has 1 aliphatic heterocycles. The number of halogens is 1. The summed E-state index contributed by atoms with van der Waals surface area (Å²) in [4.78, 5) is 14.0. The summed E-state index contributed by atoms with van der Waals surface area (Å²) in [6.45, 7) is 5.52. The first-order valence-corrected chi connectivity index (χ1v) is 9.24. The third-order valence-electron chi connectivity index (χ3n) is 5.03. The molecule has 2 aromatic carbocycles. The van der Waals surface area contributed by atoms with Crippen LogP contribution in [0.5, 0.6) is 5.75 Å². The predicted octanol–water partition coefficient (Wildman–Crippen LogP) is 4.55. The van der Waals surface area contributed by atoms with Crippen molar-refractivity contribution in [1.82, 2.24) is 4.90 Å². The van der Waals surface area contributed by atoms with Gasteiger partial charge >= 0.3 is 5.63 Å². The van der Waals surface area contributed by atoms with Crippen molar-refractivity contribution in [3.05, 3.63) is 74.9 Å². The van der Waals surface area contributed by atoms with E-state index in [2.05, 4.69) is 17.9 Å². The van der Waals surface area contributed by atoms with Crippen LogP contribution in [0.25, 0.3) is 11.0 Å². The van der Waals surface area contributed by atoms with Crippen molar-refractivity contribution >= 4 is 11.0 Å². The Morgan fingerprint density at radius 3 is 2.78 bits per heavy atom. The van der Waals surface area contributed by atoms with Gasteiger partial charge in [-0.3, -0.25) is 4.90 Å². The Hall–Kier alpha value is -2.66. The molecular weight excluding hydrogens is 345 g/mol. The molecule has 1 aliphatic rings. The van der Waals surface area contributed by atoms with Gasteiger partial charge in [-0.25, -0.2) is 9.18 Å². The van der Waals surface area contributed by atoms with Crippen molar-refractivity contribution < 1.29 is 13.5 Å². The minimum atomic E-state index is -0.328. The van der Waals surface area contributed by atoms with Crippen LogP contribution in [-0.2, 0) is 19.5 Å². The van der Waals surface area contributed by atoms with Crippen LogP contribution in [-0.4, -0.2) is 11.6 Å². The van der Waals surface area contributed by atoms with Crippen LogP contribution in [0.2, 0.25) is 0 Å². The fourth-order valence-corrected chi connectivity index (χ4v) is 3.78. The molecule has 4 rings (SSSR count). The lowest BCUT2D eigenvalue weighted by molar-refractivity contribution is 0.0871. The number of rotatable bonds is 4. The molecule has 0 unspecified atom stereocenters. The molecule has 140 valence electrons. The Balaban J connectivity index is 1.72. The van der Waals surface area contributed by atoms with Gasteiger partial charge in [0.25, 0.3) is 0 Å². The quantitative estimate of drug-likeness (QED) is 0.635. The van der Waals surface area contributed by atoms with Crippen LogP contribution in [0, 0.1) is 12.7 Å². The van der Waals surface area contributed by atoms with E-state index in [4.69, 9.17) is 9.15 Å². The fourth-order valence-electron chi connectivity index (χ4n) is 3.78. The number of ether oxygens (including phenoxy) is 1. The third-order valence-corrected chi connectivity index (χ3v) is 5.03. The summed E-state index contributed by atoms with van der Waals surface area (Å²) in [6.07, 6.45) is 1.77. The molecule has 0 N–H and O–H groups in total. The molecule has 5 heteroatoms. The first-order chi connectivity index (χ1) is 13.1. The molecule has 0 radical (unpaired) electrons. The number of benzene rings is 2. The van der Waals surface area contributed by atoms with E-state index in [1.807, 2.05) is 13.0 Å². The van der Waals surface area contributed by atoms with E-state index in [9.17, 15) is 9.18 Å². The minimum absolute atomic E-state index is 0.204. The zero-order chi connectivity index (χ0) is 19.0. The lowest BCUT2D eigenvalue weighted by atomic mass is 9.98. The Bertz CT molecular complexity index is 1060. The van der Waals surface area contributed by atoms with E-state index in [1.54, 1.807) is 18.2 Å². The van der Waals surface area contributed by atoms with Crippen molar-refractivity contribution in [3.63, 3.8) is 0 Å². The average Bonchev–Trinajstić information content (AvgIpc) is 2.65. The summed E-state index contributed by atoms with van der Waals surface area (Å²) in [5, 5.41) is 0.962. The molecule has 0 spiro atoms. The highest BCUT2D eigenvalue weighted by Crippen LogP contribution is 2.36. The number of nitrogens with zero attached hydrogens (tertiary/aromatic N) is 1. The molecule has 2 heterocycles. The zero-order valence-corrected chi connectivity index (χ0v) is 15.5. The first kappa shape index (κ1) is 17.7. The molecule has 1 aromatic heterocycles. The molecule has 27 heavy (non-hydrogen) atoms. The van der Waals surface area contributed by atoms with Gasteiger partial charge in [-0.2, -0.15) is 0 Å². The van der Waals surface area contributed by atoms with E-state index in [0.717, 1.165) is 40.7 Å². The van der Waals surface area contributed by atoms with Gasteiger partial charge in [0, 0.05) is 41.2 Å². The molecule has 0 aliphatic carbocycles. The standard InChI is InChI=1S/C22H22FNO3/c1-3-6-15-10-20(25)27-22-14(2)21-17(9-18(15)22)12-24(13-26-21)11-16-7-4-5-8-19(16)23/h4-5,7-10H,3,6,11-13H2,1-2H3. The zero-order valence-electron chi connectivity index (χ0n) is 15.5. The number of fused-ring (bicyclic) bond motifs is 2. The normalized spacial score (nSPS) is 14.2. The Labute approximate surface area is 157 Å². The second-order valence-corrected chi connectivity index (χ2v) is 7.06. The topological polar surface area (TPSA) is 42.7 Å². The summed E-state index contributed by atoms with van der Waals surface area (Å²) in [6, 6.07) is 10.4. The largest absolute Gasteiger partial charge is 0.477 e. The summed E-state index contributed by atoms with van der Waals surface area (Å²) >= 11 is 0. The Kier molecular flexibility index (Phi) is 4.70. The van der Waals surface area contributed by atoms with Crippen LogP contribution >= 0.6 is 0 Å². The molecule has 0 fully saturated rings. The molecule has 0 atom stereocenters. The summed E-state index contributed by atoms with van der Waals surface area (Å²) in [5.41, 5.74) is 3.82. The van der Waals surface area contributed by atoms with Crippen LogP contribution in [0.15, 0.2) is 45.6 Å². The Morgan fingerprint density at radius 1 is 1.19 bits per heavy atom. The van der Waals surface area contributed by atoms with Crippen LogP contribution in [0.1, 0.15) is 35.6 Å². The third kappa shape index (κ3) is 3.35. The molecule has 0 saturated carbocycles. The van der Waals surface area contributed by atoms with Crippen molar-refractivity contribution in [3.8, 4) is 5.75 Å². The van der Waals surface area contributed by atoms with Gasteiger partial charge in [0.1, 0.15) is 23.9 Å². The predicted molar refractivity (Wildman–Crippen MR) is 102 cm³/mol. The average molecular weight is 367 g/mol. The smallest absolute Gasteiger partial charge is 0.336 e. The summed E-state index contributed by atoms with van der Waals surface area (Å²) < 4.78 is 25.4. The number of hydrogen-bond donors (Lipinski definition) is 0. The van der Waals surface area contributed by atoms with E-state index in [1.165, 1.54) is 6.07 Å². The van der Waals surface area contributed by atoms with Crippen molar-refractivity contribution in [2.45, 2.75) is 39.8 Å². The maximum absolute atomic E-state index is 14.0. The summed E-state index contributed by atoms with van der Waals surface area (Å²) in [7, 11) is 0. The fraction of sp³-hybridized carbons (Fsp3) is 0.318. The van der Waals surface area contributed by atoms with Gasteiger partial charge in [-0.15, -0.1) is 0 Å². The molecule has 4 nitrogen and oxygen atoms in total. The van der Waals surface area contributed by atoms with Gasteiger partial charge in [-0.05, 0) is 31.0 Å². The highest BCUT2D eigenvalue weighted by Gasteiger charge is 2.23. The highest BCUT2D eigenvalue weighted by molar-refractivity contribution is 5.86.